The molecule has 0 aliphatic rings. The fourth-order valence-electron chi connectivity index (χ4n) is 1.79. The van der Waals surface area contributed by atoms with Gasteiger partial charge in [-0.05, 0) is 30.5 Å². The van der Waals surface area contributed by atoms with Gasteiger partial charge >= 0.3 is 0 Å². The lowest BCUT2D eigenvalue weighted by molar-refractivity contribution is 0.377. The number of hydrogen-bond acceptors (Lipinski definition) is 2. The van der Waals surface area contributed by atoms with Gasteiger partial charge in [0.25, 0.3) is 0 Å². The smallest absolute Gasteiger partial charge is 0.0637 e. The molecule has 1 aromatic rings. The summed E-state index contributed by atoms with van der Waals surface area (Å²) in [5, 5.41) is 4.33. The highest BCUT2D eigenvalue weighted by Crippen LogP contribution is 2.29. The van der Waals surface area contributed by atoms with Crippen molar-refractivity contribution in [1.29, 1.82) is 0 Å². The molecule has 3 heteroatoms. The van der Waals surface area contributed by atoms with E-state index in [-0.39, 0.29) is 0 Å². The van der Waals surface area contributed by atoms with Crippen molar-refractivity contribution >= 4 is 11.6 Å². The van der Waals surface area contributed by atoms with Gasteiger partial charge in [0.1, 0.15) is 0 Å². The molecule has 0 bridgehead atoms. The van der Waals surface area contributed by atoms with Crippen molar-refractivity contribution in [3.05, 3.63) is 29.0 Å². The van der Waals surface area contributed by atoms with Gasteiger partial charge in [-0.1, -0.05) is 38.8 Å². The molecule has 1 aromatic heterocycles. The van der Waals surface area contributed by atoms with Crippen LogP contribution in [0.1, 0.15) is 45.2 Å². The van der Waals surface area contributed by atoms with Crippen molar-refractivity contribution in [2.24, 2.45) is 5.92 Å². The van der Waals surface area contributed by atoms with Gasteiger partial charge in [-0.15, -0.1) is 0 Å². The molecule has 1 heterocycles. The van der Waals surface area contributed by atoms with Gasteiger partial charge in [-0.25, -0.2) is 0 Å². The van der Waals surface area contributed by atoms with Gasteiger partial charge < -0.3 is 5.32 Å². The maximum Gasteiger partial charge on any atom is 0.0637 e. The maximum absolute atomic E-state index is 6.20. The number of pyridine rings is 1. The predicted octanol–water partition coefficient (Wildman–Crippen LogP) is 3.82. The third-order valence-corrected chi connectivity index (χ3v) is 3.28. The van der Waals surface area contributed by atoms with Crippen LogP contribution in [0, 0.1) is 5.92 Å². The third-order valence-electron chi connectivity index (χ3n) is 2.97. The van der Waals surface area contributed by atoms with Crippen molar-refractivity contribution in [1.82, 2.24) is 10.3 Å². The Labute approximate surface area is 103 Å². The molecule has 2 atom stereocenters. The van der Waals surface area contributed by atoms with Crippen LogP contribution in [0.3, 0.4) is 0 Å². The van der Waals surface area contributed by atoms with E-state index in [9.17, 15) is 0 Å². The van der Waals surface area contributed by atoms with Gasteiger partial charge in [0, 0.05) is 18.4 Å². The number of rotatable bonds is 6. The number of aromatic nitrogens is 1. The van der Waals surface area contributed by atoms with Crippen molar-refractivity contribution in [3.8, 4) is 0 Å². The fraction of sp³-hybridized carbons (Fsp3) is 0.615. The molecule has 16 heavy (non-hydrogen) atoms. The van der Waals surface area contributed by atoms with Gasteiger partial charge in [0.15, 0.2) is 0 Å². The summed E-state index contributed by atoms with van der Waals surface area (Å²) in [6.07, 6.45) is 5.81. The summed E-state index contributed by atoms with van der Waals surface area (Å²) in [4.78, 5) is 4.03. The molecule has 0 saturated carbocycles. The molecule has 2 nitrogen and oxygen atoms in total. The fourth-order valence-corrected chi connectivity index (χ4v) is 2.03. The summed E-state index contributed by atoms with van der Waals surface area (Å²) >= 11 is 6.20. The van der Waals surface area contributed by atoms with E-state index < -0.39 is 0 Å². The first-order valence-electron chi connectivity index (χ1n) is 6.03. The molecule has 1 rings (SSSR count). The molecule has 0 aromatic carbocycles. The summed E-state index contributed by atoms with van der Waals surface area (Å²) in [6.45, 7) is 7.66. The standard InChI is InChI=1S/C13H21ClN2/c1-4-7-16-13(10(3)5-2)11-6-8-15-9-12(11)14/h6,8-10,13,16H,4-5,7H2,1-3H3. The van der Waals surface area contributed by atoms with Crippen molar-refractivity contribution in [2.75, 3.05) is 6.54 Å². The zero-order chi connectivity index (χ0) is 12.0. The number of halogens is 1. The van der Waals surface area contributed by atoms with E-state index in [1.54, 1.807) is 6.20 Å². The lowest BCUT2D eigenvalue weighted by atomic mass is 9.93. The lowest BCUT2D eigenvalue weighted by Crippen LogP contribution is -2.27. The van der Waals surface area contributed by atoms with Crippen LogP contribution in [0.15, 0.2) is 18.5 Å². The molecular formula is C13H21ClN2. The molecule has 0 fully saturated rings. The predicted molar refractivity (Wildman–Crippen MR) is 69.7 cm³/mol. The Hall–Kier alpha value is -0.600. The first-order chi connectivity index (χ1) is 7.70. The third kappa shape index (κ3) is 3.46. The Morgan fingerprint density at radius 3 is 2.75 bits per heavy atom. The summed E-state index contributed by atoms with van der Waals surface area (Å²) in [6, 6.07) is 2.35. The highest BCUT2D eigenvalue weighted by molar-refractivity contribution is 6.31. The second-order valence-corrected chi connectivity index (χ2v) is 4.62. The molecule has 0 radical (unpaired) electrons. The minimum atomic E-state index is 0.334. The monoisotopic (exact) mass is 240 g/mol. The number of nitrogens with zero attached hydrogens (tertiary/aromatic N) is 1. The Morgan fingerprint density at radius 1 is 1.44 bits per heavy atom. The average Bonchev–Trinajstić information content (AvgIpc) is 2.31. The maximum atomic E-state index is 6.20. The zero-order valence-corrected chi connectivity index (χ0v) is 11.1. The minimum absolute atomic E-state index is 0.334. The quantitative estimate of drug-likeness (QED) is 0.818. The van der Waals surface area contributed by atoms with Crippen LogP contribution in [0.25, 0.3) is 0 Å². The second kappa shape index (κ2) is 6.87. The average molecular weight is 241 g/mol. The second-order valence-electron chi connectivity index (χ2n) is 4.21. The van der Waals surface area contributed by atoms with Crippen LogP contribution in [-0.2, 0) is 0 Å². The van der Waals surface area contributed by atoms with Crippen LogP contribution < -0.4 is 5.32 Å². The highest BCUT2D eigenvalue weighted by Gasteiger charge is 2.19. The molecule has 0 saturated heterocycles. The first kappa shape index (κ1) is 13.5. The molecule has 1 N–H and O–H groups in total. The summed E-state index contributed by atoms with van der Waals surface area (Å²) in [5.74, 6) is 0.575. The van der Waals surface area contributed by atoms with Gasteiger partial charge in [0.2, 0.25) is 0 Å². The highest BCUT2D eigenvalue weighted by atomic mass is 35.5. The lowest BCUT2D eigenvalue weighted by Gasteiger charge is -2.25. The minimum Gasteiger partial charge on any atom is -0.310 e. The number of hydrogen-bond donors (Lipinski definition) is 1. The Morgan fingerprint density at radius 2 is 2.19 bits per heavy atom. The number of nitrogens with one attached hydrogen (secondary N) is 1. The van der Waals surface area contributed by atoms with E-state index in [0.29, 0.717) is 12.0 Å². The van der Waals surface area contributed by atoms with Gasteiger partial charge in [0.05, 0.1) is 5.02 Å². The van der Waals surface area contributed by atoms with Crippen molar-refractivity contribution in [3.63, 3.8) is 0 Å². The molecule has 0 aliphatic carbocycles. The summed E-state index contributed by atoms with van der Waals surface area (Å²) in [7, 11) is 0. The van der Waals surface area contributed by atoms with Crippen molar-refractivity contribution in [2.45, 2.75) is 39.7 Å². The van der Waals surface area contributed by atoms with Gasteiger partial charge in [-0.2, -0.15) is 0 Å². The van der Waals surface area contributed by atoms with Crippen LogP contribution >= 0.6 is 11.6 Å². The van der Waals surface area contributed by atoms with Crippen LogP contribution in [0.5, 0.6) is 0 Å². The molecule has 2 unspecified atom stereocenters. The molecule has 0 amide bonds. The largest absolute Gasteiger partial charge is 0.310 e. The Bertz CT molecular complexity index is 315. The Balaban J connectivity index is 2.87. The Kier molecular flexibility index (Phi) is 5.78. The summed E-state index contributed by atoms with van der Waals surface area (Å²) in [5.41, 5.74) is 1.17. The van der Waals surface area contributed by atoms with Gasteiger partial charge in [-0.3, -0.25) is 4.98 Å². The molecule has 0 spiro atoms. The van der Waals surface area contributed by atoms with E-state index in [0.717, 1.165) is 24.4 Å². The zero-order valence-electron chi connectivity index (χ0n) is 10.3. The topological polar surface area (TPSA) is 24.9 Å². The normalized spacial score (nSPS) is 14.8. The summed E-state index contributed by atoms with van der Waals surface area (Å²) < 4.78 is 0. The molecular weight excluding hydrogens is 220 g/mol. The van der Waals surface area contributed by atoms with E-state index in [2.05, 4.69) is 31.1 Å². The SMILES string of the molecule is CCCNC(c1ccncc1Cl)C(C)CC. The van der Waals surface area contributed by atoms with E-state index in [1.165, 1.54) is 5.56 Å². The van der Waals surface area contributed by atoms with Crippen LogP contribution in [-0.4, -0.2) is 11.5 Å². The van der Waals surface area contributed by atoms with Crippen molar-refractivity contribution < 1.29 is 0 Å². The first-order valence-corrected chi connectivity index (χ1v) is 6.41. The van der Waals surface area contributed by atoms with E-state index in [4.69, 9.17) is 11.6 Å². The van der Waals surface area contributed by atoms with Crippen LogP contribution in [0.4, 0.5) is 0 Å². The molecule has 90 valence electrons. The molecule has 0 aliphatic heterocycles. The van der Waals surface area contributed by atoms with Crippen LogP contribution in [0.2, 0.25) is 5.02 Å². The van der Waals surface area contributed by atoms with E-state index >= 15 is 0 Å². The van der Waals surface area contributed by atoms with E-state index in [1.807, 2.05) is 12.3 Å².